The third kappa shape index (κ3) is 3.10. The molecular weight excluding hydrogens is 330 g/mol. The van der Waals surface area contributed by atoms with Gasteiger partial charge in [-0.25, -0.2) is 8.42 Å². The van der Waals surface area contributed by atoms with Gasteiger partial charge in [0.25, 0.3) is 5.91 Å². The second kappa shape index (κ2) is 6.08. The molecule has 0 spiro atoms. The zero-order valence-corrected chi connectivity index (χ0v) is 14.8. The van der Waals surface area contributed by atoms with Gasteiger partial charge < -0.3 is 9.32 Å². The largest absolute Gasteiger partial charge is 0.456 e. The number of hydrogen-bond acceptors (Lipinski definition) is 5. The van der Waals surface area contributed by atoms with Crippen LogP contribution in [0.3, 0.4) is 0 Å². The fraction of sp³-hybridized carbons (Fsp3) is 0.500. The lowest BCUT2D eigenvalue weighted by molar-refractivity contribution is 0.0663. The van der Waals surface area contributed by atoms with E-state index in [0.29, 0.717) is 12.0 Å². The molecule has 0 N–H and O–H groups in total. The molecule has 2 aromatic rings. The molecule has 2 aromatic heterocycles. The van der Waals surface area contributed by atoms with Crippen molar-refractivity contribution in [3.05, 3.63) is 41.1 Å². The SMILES string of the molecule is CCc1oc(C(=O)N2CCS(=O)(=O)C[C@H]2c2cnn(C)c2)cc1C. The van der Waals surface area contributed by atoms with E-state index in [2.05, 4.69) is 5.10 Å². The maximum absolute atomic E-state index is 12.9. The molecule has 0 aromatic carbocycles. The summed E-state index contributed by atoms with van der Waals surface area (Å²) in [5, 5.41) is 4.10. The minimum atomic E-state index is -3.19. The molecule has 0 radical (unpaired) electrons. The molecule has 3 rings (SSSR count). The number of carbonyl (C=O) groups is 1. The Morgan fingerprint density at radius 2 is 2.21 bits per heavy atom. The molecule has 1 fully saturated rings. The van der Waals surface area contributed by atoms with E-state index in [9.17, 15) is 13.2 Å². The third-order valence-electron chi connectivity index (χ3n) is 4.35. The molecule has 1 aliphatic rings. The van der Waals surface area contributed by atoms with Gasteiger partial charge in [-0.15, -0.1) is 0 Å². The maximum Gasteiger partial charge on any atom is 0.290 e. The van der Waals surface area contributed by atoms with Crippen LogP contribution in [0.15, 0.2) is 22.9 Å². The van der Waals surface area contributed by atoms with Crippen molar-refractivity contribution >= 4 is 15.7 Å². The second-order valence-electron chi connectivity index (χ2n) is 6.15. The second-order valence-corrected chi connectivity index (χ2v) is 8.38. The van der Waals surface area contributed by atoms with E-state index in [0.717, 1.165) is 11.3 Å². The molecule has 1 atom stereocenters. The maximum atomic E-state index is 12.9. The van der Waals surface area contributed by atoms with E-state index >= 15 is 0 Å². The Labute approximate surface area is 141 Å². The van der Waals surface area contributed by atoms with Crippen molar-refractivity contribution in [2.45, 2.75) is 26.3 Å². The number of aryl methyl sites for hydroxylation is 3. The quantitative estimate of drug-likeness (QED) is 0.836. The van der Waals surface area contributed by atoms with E-state index < -0.39 is 15.9 Å². The lowest BCUT2D eigenvalue weighted by Crippen LogP contribution is -2.46. The highest BCUT2D eigenvalue weighted by Crippen LogP contribution is 2.29. The van der Waals surface area contributed by atoms with Gasteiger partial charge >= 0.3 is 0 Å². The van der Waals surface area contributed by atoms with Gasteiger partial charge in [0.1, 0.15) is 5.76 Å². The van der Waals surface area contributed by atoms with Gasteiger partial charge in [0.05, 0.1) is 23.7 Å². The summed E-state index contributed by atoms with van der Waals surface area (Å²) in [5.41, 5.74) is 1.65. The predicted molar refractivity (Wildman–Crippen MR) is 88.5 cm³/mol. The Kier molecular flexibility index (Phi) is 4.25. The van der Waals surface area contributed by atoms with Crippen LogP contribution < -0.4 is 0 Å². The Bertz CT molecular complexity index is 866. The monoisotopic (exact) mass is 351 g/mol. The van der Waals surface area contributed by atoms with Gasteiger partial charge in [-0.3, -0.25) is 9.48 Å². The van der Waals surface area contributed by atoms with Crippen LogP contribution >= 0.6 is 0 Å². The normalized spacial score (nSPS) is 20.3. The highest BCUT2D eigenvalue weighted by molar-refractivity contribution is 7.91. The van der Waals surface area contributed by atoms with Crippen LogP contribution in [0.5, 0.6) is 0 Å². The molecule has 24 heavy (non-hydrogen) atoms. The topological polar surface area (TPSA) is 85.4 Å². The van der Waals surface area contributed by atoms with Crippen LogP contribution in [0.2, 0.25) is 0 Å². The van der Waals surface area contributed by atoms with Crippen molar-refractivity contribution < 1.29 is 17.6 Å². The van der Waals surface area contributed by atoms with Gasteiger partial charge in [0.2, 0.25) is 0 Å². The third-order valence-corrected chi connectivity index (χ3v) is 5.98. The standard InChI is InChI=1S/C16H21N3O4S/c1-4-14-11(2)7-15(23-14)16(20)19-5-6-24(21,22)10-13(19)12-8-17-18(3)9-12/h7-9,13H,4-6,10H2,1-3H3/t13-/m0/s1. The molecule has 3 heterocycles. The molecule has 0 aliphatic carbocycles. The van der Waals surface area contributed by atoms with Crippen molar-refractivity contribution in [3.8, 4) is 0 Å². The summed E-state index contributed by atoms with van der Waals surface area (Å²) in [6.07, 6.45) is 4.06. The minimum Gasteiger partial charge on any atom is -0.456 e. The predicted octanol–water partition coefficient (Wildman–Crippen LogP) is 1.50. The minimum absolute atomic E-state index is 0.0319. The number of hydrogen-bond donors (Lipinski definition) is 0. The smallest absolute Gasteiger partial charge is 0.290 e. The molecular formula is C16H21N3O4S. The van der Waals surface area contributed by atoms with Gasteiger partial charge in [-0.2, -0.15) is 5.10 Å². The summed E-state index contributed by atoms with van der Waals surface area (Å²) < 4.78 is 31.4. The number of carbonyl (C=O) groups excluding carboxylic acids is 1. The number of furan rings is 1. The lowest BCUT2D eigenvalue weighted by Gasteiger charge is -2.34. The summed E-state index contributed by atoms with van der Waals surface area (Å²) in [6.45, 7) is 4.02. The van der Waals surface area contributed by atoms with Crippen LogP contribution in [0, 0.1) is 6.92 Å². The number of rotatable bonds is 3. The molecule has 1 amide bonds. The first-order valence-electron chi connectivity index (χ1n) is 7.90. The lowest BCUT2D eigenvalue weighted by atomic mass is 10.1. The first kappa shape index (κ1) is 16.8. The van der Waals surface area contributed by atoms with Crippen molar-refractivity contribution in [2.75, 3.05) is 18.1 Å². The van der Waals surface area contributed by atoms with Crippen LogP contribution in [-0.4, -0.2) is 47.1 Å². The van der Waals surface area contributed by atoms with E-state index in [1.807, 2.05) is 13.8 Å². The van der Waals surface area contributed by atoms with E-state index in [4.69, 9.17) is 4.42 Å². The van der Waals surface area contributed by atoms with Crippen molar-refractivity contribution in [1.82, 2.24) is 14.7 Å². The number of aromatic nitrogens is 2. The number of amides is 1. The molecule has 7 nitrogen and oxygen atoms in total. The highest BCUT2D eigenvalue weighted by Gasteiger charge is 2.37. The summed E-state index contributed by atoms with van der Waals surface area (Å²) in [6, 6.07) is 1.19. The fourth-order valence-electron chi connectivity index (χ4n) is 3.06. The Hall–Kier alpha value is -2.09. The highest BCUT2D eigenvalue weighted by atomic mass is 32.2. The molecule has 8 heteroatoms. The van der Waals surface area contributed by atoms with E-state index in [-0.39, 0.29) is 29.7 Å². The Balaban J connectivity index is 1.95. The summed E-state index contributed by atoms with van der Waals surface area (Å²) in [7, 11) is -1.43. The fourth-order valence-corrected chi connectivity index (χ4v) is 4.55. The molecule has 1 saturated heterocycles. The van der Waals surface area contributed by atoms with Gasteiger partial charge in [-0.05, 0) is 18.6 Å². The first-order chi connectivity index (χ1) is 11.3. The average molecular weight is 351 g/mol. The summed E-state index contributed by atoms with van der Waals surface area (Å²) in [4.78, 5) is 14.5. The summed E-state index contributed by atoms with van der Waals surface area (Å²) in [5.74, 6) is 0.639. The summed E-state index contributed by atoms with van der Waals surface area (Å²) >= 11 is 0. The van der Waals surface area contributed by atoms with Crippen LogP contribution in [0.25, 0.3) is 0 Å². The molecule has 130 valence electrons. The molecule has 0 bridgehead atoms. The van der Waals surface area contributed by atoms with Gasteiger partial charge in [-0.1, -0.05) is 6.92 Å². The van der Waals surface area contributed by atoms with E-state index in [1.165, 1.54) is 0 Å². The van der Waals surface area contributed by atoms with Gasteiger partial charge in [0.15, 0.2) is 15.6 Å². The van der Waals surface area contributed by atoms with Gasteiger partial charge in [0, 0.05) is 31.8 Å². The van der Waals surface area contributed by atoms with Crippen molar-refractivity contribution in [3.63, 3.8) is 0 Å². The van der Waals surface area contributed by atoms with E-state index in [1.54, 1.807) is 35.1 Å². The van der Waals surface area contributed by atoms with Crippen molar-refractivity contribution in [1.29, 1.82) is 0 Å². The van der Waals surface area contributed by atoms with Crippen LogP contribution in [0.4, 0.5) is 0 Å². The Morgan fingerprint density at radius 3 is 2.79 bits per heavy atom. The van der Waals surface area contributed by atoms with Crippen LogP contribution in [-0.2, 0) is 23.3 Å². The molecule has 0 unspecified atom stereocenters. The Morgan fingerprint density at radius 1 is 1.46 bits per heavy atom. The average Bonchev–Trinajstić information content (AvgIpc) is 3.11. The number of sulfone groups is 1. The van der Waals surface area contributed by atoms with Crippen LogP contribution in [0.1, 0.15) is 40.4 Å². The zero-order chi connectivity index (χ0) is 17.5. The first-order valence-corrected chi connectivity index (χ1v) is 9.72. The molecule has 1 aliphatic heterocycles. The van der Waals surface area contributed by atoms with Crippen molar-refractivity contribution in [2.24, 2.45) is 7.05 Å². The molecule has 0 saturated carbocycles. The zero-order valence-electron chi connectivity index (χ0n) is 14.0. The number of nitrogens with zero attached hydrogens (tertiary/aromatic N) is 3.